The third-order valence-electron chi connectivity index (χ3n) is 4.35. The lowest BCUT2D eigenvalue weighted by Gasteiger charge is -2.13. The molecule has 4 heterocycles. The van der Waals surface area contributed by atoms with Gasteiger partial charge in [0, 0.05) is 30.2 Å². The van der Waals surface area contributed by atoms with E-state index in [9.17, 15) is 0 Å². The molecule has 5 rings (SSSR count). The van der Waals surface area contributed by atoms with Crippen LogP contribution in [0.1, 0.15) is 35.6 Å². The summed E-state index contributed by atoms with van der Waals surface area (Å²) < 4.78 is 8.11. The van der Waals surface area contributed by atoms with Gasteiger partial charge < -0.3 is 8.98 Å². The first-order valence-electron chi connectivity index (χ1n) is 8.69. The minimum Gasteiger partial charge on any atom is -0.419 e. The number of hydrogen-bond donors (Lipinski definition) is 0. The number of thioether (sulfide) groups is 1. The summed E-state index contributed by atoms with van der Waals surface area (Å²) in [6.45, 7) is 0. The zero-order valence-electron chi connectivity index (χ0n) is 14.5. The first-order chi connectivity index (χ1) is 13.8. The maximum Gasteiger partial charge on any atom is 0.247 e. The molecule has 28 heavy (non-hydrogen) atoms. The Balaban J connectivity index is 1.51. The third kappa shape index (κ3) is 3.50. The Bertz CT molecular complexity index is 1100. The van der Waals surface area contributed by atoms with Gasteiger partial charge in [-0.2, -0.15) is 0 Å². The molecule has 8 nitrogen and oxygen atoms in total. The molecular weight excluding hydrogens is 398 g/mol. The van der Waals surface area contributed by atoms with E-state index in [4.69, 9.17) is 16.0 Å². The van der Waals surface area contributed by atoms with E-state index in [-0.39, 0.29) is 5.25 Å². The second-order valence-electron chi connectivity index (χ2n) is 6.34. The van der Waals surface area contributed by atoms with Crippen LogP contribution in [-0.2, 0) is 0 Å². The highest BCUT2D eigenvalue weighted by atomic mass is 35.5. The molecular formula is C18H14ClN7OS. The van der Waals surface area contributed by atoms with Gasteiger partial charge in [-0.15, -0.1) is 20.4 Å². The summed E-state index contributed by atoms with van der Waals surface area (Å²) in [5.41, 5.74) is 1.71. The van der Waals surface area contributed by atoms with Crippen LogP contribution in [0.5, 0.6) is 0 Å². The van der Waals surface area contributed by atoms with Crippen molar-refractivity contribution in [3.05, 3.63) is 65.8 Å². The van der Waals surface area contributed by atoms with Crippen LogP contribution in [0.4, 0.5) is 0 Å². The Morgan fingerprint density at radius 3 is 2.75 bits per heavy atom. The molecule has 4 aromatic rings. The largest absolute Gasteiger partial charge is 0.419 e. The van der Waals surface area contributed by atoms with Crippen molar-refractivity contribution in [1.29, 1.82) is 0 Å². The van der Waals surface area contributed by atoms with E-state index in [0.29, 0.717) is 23.0 Å². The zero-order chi connectivity index (χ0) is 18.9. The lowest BCUT2D eigenvalue weighted by Crippen LogP contribution is -2.02. The van der Waals surface area contributed by atoms with Gasteiger partial charge in [-0.1, -0.05) is 23.4 Å². The number of aromatic nitrogens is 7. The van der Waals surface area contributed by atoms with Crippen LogP contribution in [-0.4, -0.2) is 34.9 Å². The molecule has 0 aromatic carbocycles. The van der Waals surface area contributed by atoms with Crippen molar-refractivity contribution in [1.82, 2.24) is 34.9 Å². The zero-order valence-corrected chi connectivity index (χ0v) is 16.1. The maximum atomic E-state index is 6.00. The average Bonchev–Trinajstić information content (AvgIpc) is 3.26. The number of rotatable bonds is 6. The van der Waals surface area contributed by atoms with Crippen LogP contribution in [0.3, 0.4) is 0 Å². The van der Waals surface area contributed by atoms with E-state index < -0.39 is 0 Å². The maximum absolute atomic E-state index is 6.00. The number of halogens is 1. The summed E-state index contributed by atoms with van der Waals surface area (Å²) in [6, 6.07) is 7.82. The van der Waals surface area contributed by atoms with E-state index in [0.717, 1.165) is 29.1 Å². The quantitative estimate of drug-likeness (QED) is 0.347. The van der Waals surface area contributed by atoms with Crippen molar-refractivity contribution in [2.75, 3.05) is 0 Å². The fourth-order valence-electron chi connectivity index (χ4n) is 2.82. The molecule has 1 fully saturated rings. The molecule has 0 aliphatic heterocycles. The highest BCUT2D eigenvalue weighted by Crippen LogP contribution is 2.43. The van der Waals surface area contributed by atoms with Gasteiger partial charge >= 0.3 is 0 Å². The van der Waals surface area contributed by atoms with Crippen molar-refractivity contribution in [3.63, 3.8) is 0 Å². The van der Waals surface area contributed by atoms with Crippen LogP contribution in [0, 0.1) is 0 Å². The van der Waals surface area contributed by atoms with Crippen molar-refractivity contribution in [2.24, 2.45) is 0 Å². The van der Waals surface area contributed by atoms with Crippen LogP contribution in [0.2, 0.25) is 5.15 Å². The number of nitrogens with zero attached hydrogens (tertiary/aromatic N) is 7. The summed E-state index contributed by atoms with van der Waals surface area (Å²) in [7, 11) is 0. The Kier molecular flexibility index (Phi) is 4.53. The van der Waals surface area contributed by atoms with E-state index in [1.54, 1.807) is 37.1 Å². The summed E-state index contributed by atoms with van der Waals surface area (Å²) in [5, 5.41) is 17.8. The Morgan fingerprint density at radius 2 is 1.96 bits per heavy atom. The fraction of sp³-hybridized carbons (Fsp3) is 0.222. The minimum absolute atomic E-state index is 0.233. The summed E-state index contributed by atoms with van der Waals surface area (Å²) in [4.78, 5) is 8.09. The molecule has 0 radical (unpaired) electrons. The molecule has 1 aliphatic rings. The van der Waals surface area contributed by atoms with E-state index in [2.05, 4.69) is 34.9 Å². The van der Waals surface area contributed by atoms with Gasteiger partial charge in [-0.05, 0) is 42.7 Å². The number of pyridine rings is 2. The highest BCUT2D eigenvalue weighted by Gasteiger charge is 2.30. The van der Waals surface area contributed by atoms with E-state index in [1.165, 1.54) is 11.8 Å². The molecule has 1 aliphatic carbocycles. The highest BCUT2D eigenvalue weighted by molar-refractivity contribution is 7.99. The smallest absolute Gasteiger partial charge is 0.247 e. The topological polar surface area (TPSA) is 95.4 Å². The van der Waals surface area contributed by atoms with Gasteiger partial charge in [0.15, 0.2) is 5.16 Å². The van der Waals surface area contributed by atoms with Gasteiger partial charge in [0.05, 0.1) is 0 Å². The molecule has 1 unspecified atom stereocenters. The van der Waals surface area contributed by atoms with Crippen molar-refractivity contribution >= 4 is 23.4 Å². The number of hydrogen-bond acceptors (Lipinski definition) is 8. The van der Waals surface area contributed by atoms with Crippen LogP contribution in [0.25, 0.3) is 11.5 Å². The van der Waals surface area contributed by atoms with E-state index >= 15 is 0 Å². The lowest BCUT2D eigenvalue weighted by molar-refractivity contribution is 0.514. The Hall–Kier alpha value is -2.78. The predicted molar refractivity (Wildman–Crippen MR) is 103 cm³/mol. The Morgan fingerprint density at radius 1 is 1.11 bits per heavy atom. The van der Waals surface area contributed by atoms with Gasteiger partial charge in [-0.3, -0.25) is 4.98 Å². The average molecular weight is 412 g/mol. The molecule has 10 heteroatoms. The molecule has 0 saturated heterocycles. The molecule has 1 atom stereocenters. The first-order valence-corrected chi connectivity index (χ1v) is 9.95. The Labute approximate surface area is 169 Å². The lowest BCUT2D eigenvalue weighted by atomic mass is 10.2. The SMILES string of the molecule is Clc1cc(-c2nnc(C(Sc3nncn3C3CC3)c3ccncc3)o2)ccn1. The second kappa shape index (κ2) is 7.33. The molecule has 0 N–H and O–H groups in total. The van der Waals surface area contributed by atoms with Crippen molar-refractivity contribution < 1.29 is 4.42 Å². The molecule has 0 amide bonds. The molecule has 0 bridgehead atoms. The molecule has 1 saturated carbocycles. The van der Waals surface area contributed by atoms with Gasteiger partial charge in [0.1, 0.15) is 16.7 Å². The van der Waals surface area contributed by atoms with Crippen molar-refractivity contribution in [3.8, 4) is 11.5 Å². The fourth-order valence-corrected chi connectivity index (χ4v) is 4.10. The van der Waals surface area contributed by atoms with Gasteiger partial charge in [0.2, 0.25) is 11.8 Å². The standard InChI is InChI=1S/C18H14ClN7OS/c19-14-9-12(5-8-21-14)16-23-24-17(27-16)15(11-3-6-20-7-4-11)28-18-25-22-10-26(18)13-1-2-13/h3-10,13,15H,1-2H2. The van der Waals surface area contributed by atoms with Gasteiger partial charge in [-0.25, -0.2) is 4.98 Å². The molecule has 0 spiro atoms. The second-order valence-corrected chi connectivity index (χ2v) is 7.80. The van der Waals surface area contributed by atoms with Gasteiger partial charge in [0.25, 0.3) is 0 Å². The summed E-state index contributed by atoms with van der Waals surface area (Å²) >= 11 is 7.51. The molecule has 4 aromatic heterocycles. The van der Waals surface area contributed by atoms with Crippen LogP contribution in [0.15, 0.2) is 58.8 Å². The van der Waals surface area contributed by atoms with E-state index in [1.807, 2.05) is 12.1 Å². The first kappa shape index (κ1) is 17.3. The monoisotopic (exact) mass is 411 g/mol. The van der Waals surface area contributed by atoms with Crippen LogP contribution < -0.4 is 0 Å². The van der Waals surface area contributed by atoms with Crippen molar-refractivity contribution in [2.45, 2.75) is 29.3 Å². The third-order valence-corrected chi connectivity index (χ3v) is 5.77. The van der Waals surface area contributed by atoms with Crippen LogP contribution >= 0.6 is 23.4 Å². The normalized spacial score (nSPS) is 14.9. The summed E-state index contributed by atoms with van der Waals surface area (Å²) in [5.74, 6) is 0.868. The molecule has 140 valence electrons. The summed E-state index contributed by atoms with van der Waals surface area (Å²) in [6.07, 6.45) is 9.18. The minimum atomic E-state index is -0.233. The predicted octanol–water partition coefficient (Wildman–Crippen LogP) is 3.99.